The van der Waals surface area contributed by atoms with Gasteiger partial charge in [0.2, 0.25) is 0 Å². The molecule has 198 valence electrons. The van der Waals surface area contributed by atoms with Gasteiger partial charge in [-0.1, -0.05) is 77.0 Å². The van der Waals surface area contributed by atoms with Gasteiger partial charge in [0, 0.05) is 11.6 Å². The highest BCUT2D eigenvalue weighted by molar-refractivity contribution is 7.57. The van der Waals surface area contributed by atoms with E-state index in [0.717, 1.165) is 19.3 Å². The lowest BCUT2D eigenvalue weighted by atomic mass is 10.2. The van der Waals surface area contributed by atoms with E-state index in [1.165, 1.54) is 37.3 Å². The van der Waals surface area contributed by atoms with Crippen molar-refractivity contribution in [2.24, 2.45) is 0 Å². The number of hydrogen-bond donors (Lipinski definition) is 0. The molecule has 3 atom stereocenters. The highest BCUT2D eigenvalue weighted by Crippen LogP contribution is 2.51. The predicted octanol–water partition coefficient (Wildman–Crippen LogP) is 9.56. The maximum Gasteiger partial charge on any atom is 0.353 e. The van der Waals surface area contributed by atoms with Crippen molar-refractivity contribution in [2.45, 2.75) is 97.5 Å². The lowest BCUT2D eigenvalue weighted by Crippen LogP contribution is -2.08. The standard InChI is InChI=1S/C26H48O6P2/c1-6-10-12-14-16-19-23-29-33(27,8-3)30-25-21-18-22-26(5)32-34(28,9-4)31-24-20-17-15-13-11-7-2/h8-9,14-17,26H,3-4,6-7,10-13,18-25H2,1-2,5H3/b16-14-,17-15-. The first-order valence-corrected chi connectivity index (χ1v) is 16.0. The van der Waals surface area contributed by atoms with Crippen molar-refractivity contribution >= 4 is 15.2 Å². The van der Waals surface area contributed by atoms with Crippen LogP contribution in [0.15, 0.2) is 49.1 Å². The molecule has 0 aromatic rings. The Bertz CT molecular complexity index is 674. The van der Waals surface area contributed by atoms with Gasteiger partial charge in [0.15, 0.2) is 0 Å². The molecule has 3 unspecified atom stereocenters. The van der Waals surface area contributed by atoms with Gasteiger partial charge in [0.1, 0.15) is 0 Å². The molecule has 6 nitrogen and oxygen atoms in total. The first kappa shape index (κ1) is 33.3. The van der Waals surface area contributed by atoms with Crippen LogP contribution in [0.1, 0.15) is 91.4 Å². The summed E-state index contributed by atoms with van der Waals surface area (Å²) in [5.41, 5.74) is 0. The molecule has 0 saturated heterocycles. The maximum absolute atomic E-state index is 12.7. The van der Waals surface area contributed by atoms with E-state index in [9.17, 15) is 9.13 Å². The van der Waals surface area contributed by atoms with Crippen molar-refractivity contribution in [3.63, 3.8) is 0 Å². The monoisotopic (exact) mass is 518 g/mol. The molecular weight excluding hydrogens is 470 g/mol. The van der Waals surface area contributed by atoms with Crippen LogP contribution in [0.3, 0.4) is 0 Å². The zero-order valence-corrected chi connectivity index (χ0v) is 23.5. The van der Waals surface area contributed by atoms with E-state index < -0.39 is 15.2 Å². The number of unbranched alkanes of at least 4 members (excludes halogenated alkanes) is 5. The molecule has 0 radical (unpaired) electrons. The zero-order chi connectivity index (χ0) is 25.5. The van der Waals surface area contributed by atoms with Crippen LogP contribution in [0, 0.1) is 0 Å². The van der Waals surface area contributed by atoms with Crippen molar-refractivity contribution in [1.29, 1.82) is 0 Å². The lowest BCUT2D eigenvalue weighted by Gasteiger charge is -2.20. The maximum atomic E-state index is 12.7. The van der Waals surface area contributed by atoms with Crippen molar-refractivity contribution in [2.75, 3.05) is 19.8 Å². The topological polar surface area (TPSA) is 71.1 Å². The summed E-state index contributed by atoms with van der Waals surface area (Å²) < 4.78 is 47.3. The van der Waals surface area contributed by atoms with Crippen LogP contribution in [0.5, 0.6) is 0 Å². The quantitative estimate of drug-likeness (QED) is 0.0720. The van der Waals surface area contributed by atoms with Crippen LogP contribution in [0.2, 0.25) is 0 Å². The first-order chi connectivity index (χ1) is 16.3. The molecule has 0 aliphatic carbocycles. The molecule has 0 bridgehead atoms. The van der Waals surface area contributed by atoms with Gasteiger partial charge in [-0.15, -0.1) is 0 Å². The largest absolute Gasteiger partial charge is 0.353 e. The smallest absolute Gasteiger partial charge is 0.306 e. The molecule has 0 heterocycles. The molecule has 0 fully saturated rings. The Kier molecular flexibility index (Phi) is 21.1. The van der Waals surface area contributed by atoms with Gasteiger partial charge in [0.25, 0.3) is 0 Å². The Morgan fingerprint density at radius 2 is 1.15 bits per heavy atom. The molecule has 8 heteroatoms. The van der Waals surface area contributed by atoms with E-state index in [1.807, 2.05) is 19.1 Å². The van der Waals surface area contributed by atoms with E-state index in [1.54, 1.807) is 0 Å². The van der Waals surface area contributed by atoms with E-state index >= 15 is 0 Å². The van der Waals surface area contributed by atoms with E-state index in [0.29, 0.717) is 45.5 Å². The molecule has 0 aromatic carbocycles. The summed E-state index contributed by atoms with van der Waals surface area (Å²) >= 11 is 0. The third-order valence-corrected chi connectivity index (χ3v) is 8.12. The molecular formula is C26H48O6P2. The van der Waals surface area contributed by atoms with Crippen molar-refractivity contribution < 1.29 is 27.2 Å². The molecule has 0 rings (SSSR count). The summed E-state index contributed by atoms with van der Waals surface area (Å²) in [6.07, 6.45) is 18.4. The van der Waals surface area contributed by atoms with Crippen LogP contribution < -0.4 is 0 Å². The SMILES string of the molecule is C=CP(=O)(OCC/C=C\CCCC)OCCCCC(C)OP(=O)(C=C)OCC/C=C\CCCC. The minimum Gasteiger partial charge on any atom is -0.306 e. The summed E-state index contributed by atoms with van der Waals surface area (Å²) in [6, 6.07) is 0. The molecule has 0 spiro atoms. The van der Waals surface area contributed by atoms with Gasteiger partial charge >= 0.3 is 15.2 Å². The van der Waals surface area contributed by atoms with Crippen LogP contribution in [0.25, 0.3) is 0 Å². The summed E-state index contributed by atoms with van der Waals surface area (Å²) in [5, 5.41) is 0. The Labute approximate surface area is 208 Å². The molecule has 0 aliphatic heterocycles. The third-order valence-electron chi connectivity index (χ3n) is 4.94. The van der Waals surface area contributed by atoms with Crippen LogP contribution >= 0.6 is 15.2 Å². The molecule has 0 aliphatic rings. The minimum absolute atomic E-state index is 0.258. The summed E-state index contributed by atoms with van der Waals surface area (Å²) in [4.78, 5) is 0. The van der Waals surface area contributed by atoms with E-state index in [4.69, 9.17) is 18.1 Å². The average molecular weight is 519 g/mol. The molecule has 0 aromatic heterocycles. The van der Waals surface area contributed by atoms with Gasteiger partial charge in [0.05, 0.1) is 25.9 Å². The molecule has 0 saturated carbocycles. The predicted molar refractivity (Wildman–Crippen MR) is 144 cm³/mol. The fourth-order valence-electron chi connectivity index (χ4n) is 2.91. The zero-order valence-electron chi connectivity index (χ0n) is 21.7. The Morgan fingerprint density at radius 1 is 0.676 bits per heavy atom. The highest BCUT2D eigenvalue weighted by atomic mass is 31.2. The summed E-state index contributed by atoms with van der Waals surface area (Å²) in [5.74, 6) is 2.53. The summed E-state index contributed by atoms with van der Waals surface area (Å²) in [7, 11) is -6.59. The Balaban J connectivity index is 4.11. The number of hydrogen-bond acceptors (Lipinski definition) is 6. The van der Waals surface area contributed by atoms with Crippen molar-refractivity contribution in [3.05, 3.63) is 49.1 Å². The van der Waals surface area contributed by atoms with Crippen LogP contribution in [-0.2, 0) is 27.2 Å². The number of rotatable bonds is 24. The van der Waals surface area contributed by atoms with Gasteiger partial charge in [-0.2, -0.15) is 0 Å². The first-order valence-electron chi connectivity index (χ1n) is 12.7. The second-order valence-electron chi connectivity index (χ2n) is 8.16. The lowest BCUT2D eigenvalue weighted by molar-refractivity contribution is 0.154. The number of allylic oxidation sites excluding steroid dienone is 2. The summed E-state index contributed by atoms with van der Waals surface area (Å²) in [6.45, 7) is 14.3. The van der Waals surface area contributed by atoms with E-state index in [-0.39, 0.29) is 6.10 Å². The van der Waals surface area contributed by atoms with Gasteiger partial charge in [-0.3, -0.25) is 9.13 Å². The molecule has 0 N–H and O–H groups in total. The van der Waals surface area contributed by atoms with Crippen LogP contribution in [0.4, 0.5) is 0 Å². The molecule has 0 amide bonds. The fourth-order valence-corrected chi connectivity index (χ4v) is 5.16. The average Bonchev–Trinajstić information content (AvgIpc) is 2.82. The second kappa shape index (κ2) is 21.5. The Morgan fingerprint density at radius 3 is 1.65 bits per heavy atom. The third kappa shape index (κ3) is 18.6. The highest BCUT2D eigenvalue weighted by Gasteiger charge is 2.23. The van der Waals surface area contributed by atoms with E-state index in [2.05, 4.69) is 39.2 Å². The second-order valence-corrected chi connectivity index (χ2v) is 12.0. The van der Waals surface area contributed by atoms with Crippen molar-refractivity contribution in [3.8, 4) is 0 Å². The Hall–Kier alpha value is -0.740. The van der Waals surface area contributed by atoms with Gasteiger partial charge in [-0.25, -0.2) is 0 Å². The van der Waals surface area contributed by atoms with Crippen LogP contribution in [-0.4, -0.2) is 25.9 Å². The normalized spacial score (nSPS) is 16.4. The van der Waals surface area contributed by atoms with Gasteiger partial charge in [-0.05, 0) is 51.9 Å². The van der Waals surface area contributed by atoms with Gasteiger partial charge < -0.3 is 18.1 Å². The minimum atomic E-state index is -3.31. The van der Waals surface area contributed by atoms with Crippen molar-refractivity contribution in [1.82, 2.24) is 0 Å². The fraction of sp³-hybridized carbons (Fsp3) is 0.692. The molecule has 34 heavy (non-hydrogen) atoms.